The van der Waals surface area contributed by atoms with Crippen molar-refractivity contribution < 1.29 is 4.79 Å². The fraction of sp³-hybridized carbons (Fsp3) is 0.263. The first-order chi connectivity index (χ1) is 11.2. The van der Waals surface area contributed by atoms with Crippen LogP contribution in [0.3, 0.4) is 0 Å². The molecule has 0 fully saturated rings. The highest BCUT2D eigenvalue weighted by Crippen LogP contribution is 2.24. The van der Waals surface area contributed by atoms with Gasteiger partial charge in [0.25, 0.3) is 5.91 Å². The molecule has 0 saturated heterocycles. The van der Waals surface area contributed by atoms with Crippen molar-refractivity contribution >= 4 is 27.7 Å². The van der Waals surface area contributed by atoms with Crippen LogP contribution in [0, 0.1) is 6.92 Å². The molecule has 0 bridgehead atoms. The predicted octanol–water partition coefficient (Wildman–Crippen LogP) is 3.04. The molecule has 0 unspecified atom stereocenters. The molecule has 3 rings (SSSR count). The van der Waals surface area contributed by atoms with Crippen LogP contribution in [0.4, 0.5) is 0 Å². The summed E-state index contributed by atoms with van der Waals surface area (Å²) in [6, 6.07) is 13.9. The number of para-hydroxylation sites is 1. The van der Waals surface area contributed by atoms with Gasteiger partial charge < -0.3 is 10.6 Å². The van der Waals surface area contributed by atoms with Crippen LogP contribution in [0.1, 0.15) is 22.3 Å². The van der Waals surface area contributed by atoms with E-state index in [4.69, 9.17) is 4.98 Å². The third kappa shape index (κ3) is 3.17. The number of rotatable bonds is 5. The molecule has 1 amide bonds. The quantitative estimate of drug-likeness (QED) is 0.563. The lowest BCUT2D eigenvalue weighted by atomic mass is 10.0. The monoisotopic (exact) mass is 307 g/mol. The van der Waals surface area contributed by atoms with Gasteiger partial charge in [0.05, 0.1) is 16.6 Å². The number of nitrogens with zero attached hydrogens (tertiary/aromatic N) is 1. The van der Waals surface area contributed by atoms with Crippen LogP contribution in [-0.4, -0.2) is 31.0 Å². The molecule has 0 atom stereocenters. The summed E-state index contributed by atoms with van der Waals surface area (Å²) in [5.74, 6) is -0.0637. The van der Waals surface area contributed by atoms with Gasteiger partial charge in [-0.3, -0.25) is 4.79 Å². The summed E-state index contributed by atoms with van der Waals surface area (Å²) in [6.07, 6.45) is 0.905. The number of pyridine rings is 1. The Labute approximate surface area is 135 Å². The van der Waals surface area contributed by atoms with Crippen molar-refractivity contribution in [2.75, 3.05) is 20.1 Å². The van der Waals surface area contributed by atoms with Crippen molar-refractivity contribution in [2.24, 2.45) is 0 Å². The highest BCUT2D eigenvalue weighted by atomic mass is 16.1. The first-order valence-corrected chi connectivity index (χ1v) is 7.92. The molecule has 0 radical (unpaired) electrons. The first-order valence-electron chi connectivity index (χ1n) is 7.92. The highest BCUT2D eigenvalue weighted by molar-refractivity contribution is 6.08. The molecule has 2 N–H and O–H groups in total. The third-order valence-electron chi connectivity index (χ3n) is 4.03. The number of hydrogen-bond acceptors (Lipinski definition) is 3. The van der Waals surface area contributed by atoms with E-state index >= 15 is 0 Å². The Morgan fingerprint density at radius 1 is 1.13 bits per heavy atom. The Balaban J connectivity index is 1.99. The summed E-state index contributed by atoms with van der Waals surface area (Å²) in [6.45, 7) is 3.62. The second-order valence-corrected chi connectivity index (χ2v) is 5.72. The Hall–Kier alpha value is -2.46. The SMILES string of the molecule is CNCCCNC(=O)c1cccc2cc3c(C)cccc3nc12. The second-order valence-electron chi connectivity index (χ2n) is 5.72. The van der Waals surface area contributed by atoms with Crippen molar-refractivity contribution in [3.8, 4) is 0 Å². The predicted molar refractivity (Wildman–Crippen MR) is 94.9 cm³/mol. The van der Waals surface area contributed by atoms with Crippen LogP contribution < -0.4 is 10.6 Å². The number of carbonyl (C=O) groups is 1. The molecular formula is C19H21N3O. The maximum absolute atomic E-state index is 12.5. The lowest BCUT2D eigenvalue weighted by Crippen LogP contribution is -2.26. The van der Waals surface area contributed by atoms with Gasteiger partial charge in [0.2, 0.25) is 0 Å². The zero-order chi connectivity index (χ0) is 16.2. The fourth-order valence-electron chi connectivity index (χ4n) is 2.77. The molecular weight excluding hydrogens is 286 g/mol. The van der Waals surface area contributed by atoms with Crippen molar-refractivity contribution in [1.82, 2.24) is 15.6 Å². The van der Waals surface area contributed by atoms with Gasteiger partial charge in [-0.2, -0.15) is 0 Å². The van der Waals surface area contributed by atoms with E-state index in [0.29, 0.717) is 12.1 Å². The molecule has 0 aliphatic rings. The number of aryl methyl sites for hydroxylation is 1. The number of carbonyl (C=O) groups excluding carboxylic acids is 1. The smallest absolute Gasteiger partial charge is 0.253 e. The standard InChI is InChI=1S/C19H21N3O/c1-13-6-3-9-17-16(13)12-14-7-4-8-15(18(14)22-17)19(23)21-11-5-10-20-2/h3-4,6-9,12,20H,5,10-11H2,1-2H3,(H,21,23). The normalized spacial score (nSPS) is 11.0. The Bertz CT molecular complexity index is 858. The zero-order valence-electron chi connectivity index (χ0n) is 13.5. The van der Waals surface area contributed by atoms with E-state index in [9.17, 15) is 4.79 Å². The number of aromatic nitrogens is 1. The van der Waals surface area contributed by atoms with Gasteiger partial charge in [0.15, 0.2) is 0 Å². The summed E-state index contributed by atoms with van der Waals surface area (Å²) in [7, 11) is 1.91. The van der Waals surface area contributed by atoms with Crippen LogP contribution >= 0.6 is 0 Å². The van der Waals surface area contributed by atoms with Gasteiger partial charge >= 0.3 is 0 Å². The fourth-order valence-corrected chi connectivity index (χ4v) is 2.77. The zero-order valence-corrected chi connectivity index (χ0v) is 13.5. The van der Waals surface area contributed by atoms with Gasteiger partial charge in [-0.05, 0) is 50.7 Å². The third-order valence-corrected chi connectivity index (χ3v) is 4.03. The molecule has 1 heterocycles. The number of benzene rings is 2. The minimum atomic E-state index is -0.0637. The molecule has 4 heteroatoms. The Morgan fingerprint density at radius 2 is 1.96 bits per heavy atom. The van der Waals surface area contributed by atoms with Crippen molar-refractivity contribution in [2.45, 2.75) is 13.3 Å². The summed E-state index contributed by atoms with van der Waals surface area (Å²) < 4.78 is 0. The summed E-state index contributed by atoms with van der Waals surface area (Å²) in [5, 5.41) is 8.17. The summed E-state index contributed by atoms with van der Waals surface area (Å²) in [5.41, 5.74) is 3.51. The number of hydrogen-bond donors (Lipinski definition) is 2. The number of nitrogens with one attached hydrogen (secondary N) is 2. The van der Waals surface area contributed by atoms with E-state index in [-0.39, 0.29) is 5.91 Å². The van der Waals surface area contributed by atoms with E-state index in [1.54, 1.807) is 0 Å². The summed E-state index contributed by atoms with van der Waals surface area (Å²) in [4.78, 5) is 17.2. The Kier molecular flexibility index (Phi) is 4.53. The van der Waals surface area contributed by atoms with Crippen LogP contribution in [0.2, 0.25) is 0 Å². The molecule has 0 spiro atoms. The number of fused-ring (bicyclic) bond motifs is 2. The van der Waals surface area contributed by atoms with Crippen LogP contribution in [0.25, 0.3) is 21.8 Å². The molecule has 3 aromatic rings. The van der Waals surface area contributed by atoms with Crippen molar-refractivity contribution in [3.63, 3.8) is 0 Å². The maximum atomic E-state index is 12.5. The highest BCUT2D eigenvalue weighted by Gasteiger charge is 2.12. The van der Waals surface area contributed by atoms with Crippen LogP contribution in [0.15, 0.2) is 42.5 Å². The average Bonchev–Trinajstić information content (AvgIpc) is 2.57. The van der Waals surface area contributed by atoms with Gasteiger partial charge in [0, 0.05) is 17.3 Å². The van der Waals surface area contributed by atoms with Gasteiger partial charge in [-0.15, -0.1) is 0 Å². The van der Waals surface area contributed by atoms with E-state index in [1.807, 2.05) is 37.4 Å². The average molecular weight is 307 g/mol. The second kappa shape index (κ2) is 6.75. The number of amides is 1. The minimum Gasteiger partial charge on any atom is -0.352 e. The van der Waals surface area contributed by atoms with Crippen molar-refractivity contribution in [1.29, 1.82) is 0 Å². The van der Waals surface area contributed by atoms with Crippen LogP contribution in [0.5, 0.6) is 0 Å². The van der Waals surface area contributed by atoms with Gasteiger partial charge in [-0.1, -0.05) is 24.3 Å². The van der Waals surface area contributed by atoms with E-state index in [2.05, 4.69) is 29.7 Å². The maximum Gasteiger partial charge on any atom is 0.253 e. The Morgan fingerprint density at radius 3 is 2.78 bits per heavy atom. The molecule has 0 aliphatic carbocycles. The van der Waals surface area contributed by atoms with Crippen molar-refractivity contribution in [3.05, 3.63) is 53.6 Å². The first kappa shape index (κ1) is 15.4. The van der Waals surface area contributed by atoms with Crippen LogP contribution in [-0.2, 0) is 0 Å². The molecule has 4 nitrogen and oxygen atoms in total. The molecule has 2 aromatic carbocycles. The van der Waals surface area contributed by atoms with E-state index < -0.39 is 0 Å². The van der Waals surface area contributed by atoms with E-state index in [0.717, 1.165) is 34.8 Å². The van der Waals surface area contributed by atoms with Gasteiger partial charge in [-0.25, -0.2) is 4.98 Å². The molecule has 0 aliphatic heterocycles. The molecule has 1 aromatic heterocycles. The topological polar surface area (TPSA) is 54.0 Å². The lowest BCUT2D eigenvalue weighted by molar-refractivity contribution is 0.0955. The minimum absolute atomic E-state index is 0.0637. The lowest BCUT2D eigenvalue weighted by Gasteiger charge is -2.09. The summed E-state index contributed by atoms with van der Waals surface area (Å²) >= 11 is 0. The molecule has 0 saturated carbocycles. The van der Waals surface area contributed by atoms with E-state index in [1.165, 1.54) is 5.56 Å². The molecule has 118 valence electrons. The molecule has 23 heavy (non-hydrogen) atoms. The largest absolute Gasteiger partial charge is 0.352 e. The van der Waals surface area contributed by atoms with Gasteiger partial charge in [0.1, 0.15) is 0 Å².